The zero-order valence-electron chi connectivity index (χ0n) is 25.7. The van der Waals surface area contributed by atoms with Crippen LogP contribution in [0.4, 0.5) is 18.9 Å². The van der Waals surface area contributed by atoms with E-state index in [1.54, 1.807) is 4.90 Å². The lowest BCUT2D eigenvalue weighted by Crippen LogP contribution is -2.31. The fraction of sp³-hybridized carbons (Fsp3) is 0.265. The molecule has 1 aromatic heterocycles. The van der Waals surface area contributed by atoms with Gasteiger partial charge in [-0.05, 0) is 65.8 Å². The number of benzene rings is 3. The number of thiocarbonyl (C=S) groups is 1. The summed E-state index contributed by atoms with van der Waals surface area (Å²) in [6.45, 7) is 8.31. The van der Waals surface area contributed by atoms with Gasteiger partial charge in [-0.25, -0.2) is 14.7 Å². The Bertz CT molecular complexity index is 1780. The molecule has 3 aromatic carbocycles. The van der Waals surface area contributed by atoms with Gasteiger partial charge in [0.1, 0.15) is 17.1 Å². The smallest absolute Gasteiger partial charge is 0.406 e. The predicted octanol–water partition coefficient (Wildman–Crippen LogP) is 8.77. The fourth-order valence-electron chi connectivity index (χ4n) is 4.85. The summed E-state index contributed by atoms with van der Waals surface area (Å²) in [6.07, 6.45) is 1.40. The lowest BCUT2D eigenvalue weighted by Gasteiger charge is -2.22. The molecule has 0 radical (unpaired) electrons. The average Bonchev–Trinajstić information content (AvgIpc) is 3.63. The van der Waals surface area contributed by atoms with E-state index in [0.29, 0.717) is 33.8 Å². The van der Waals surface area contributed by atoms with Crippen molar-refractivity contribution in [3.8, 4) is 22.8 Å². The summed E-state index contributed by atoms with van der Waals surface area (Å²) >= 11 is 7.06. The van der Waals surface area contributed by atoms with Crippen LogP contribution in [0.25, 0.3) is 23.2 Å². The summed E-state index contributed by atoms with van der Waals surface area (Å²) < 4.78 is 42.7. The molecule has 238 valence electrons. The number of amidine groups is 1. The normalized spacial score (nSPS) is 15.3. The molecule has 1 aliphatic rings. The van der Waals surface area contributed by atoms with Crippen molar-refractivity contribution in [3.63, 3.8) is 0 Å². The molecule has 0 saturated carbocycles. The molecule has 0 aliphatic carbocycles. The standard InChI is InChI=1S/C34H32F3N5O2S2/c1-21(2)28-16-6-22(3)17-29(28)42-31(43)19-46-33(42)39-30(45)18-23(4)5-7-24-8-10-25(11-9-24)32-38-20-41(40-32)26-12-14-27(15-13-26)44-34(35,36)37/h5-17,20-21,23H,18-19H2,1-4H3/b7-5-,39-33?. The van der Waals surface area contributed by atoms with Crippen molar-refractivity contribution in [1.82, 2.24) is 14.8 Å². The highest BCUT2D eigenvalue weighted by Crippen LogP contribution is 2.34. The molecule has 2 heterocycles. The molecule has 46 heavy (non-hydrogen) atoms. The van der Waals surface area contributed by atoms with E-state index in [1.807, 2.05) is 43.3 Å². The minimum absolute atomic E-state index is 0.00558. The Morgan fingerprint density at radius 2 is 1.80 bits per heavy atom. The van der Waals surface area contributed by atoms with Crippen molar-refractivity contribution >= 4 is 51.8 Å². The highest BCUT2D eigenvalue weighted by Gasteiger charge is 2.32. The minimum Gasteiger partial charge on any atom is -0.406 e. The summed E-state index contributed by atoms with van der Waals surface area (Å²) in [5.74, 6) is 0.883. The topological polar surface area (TPSA) is 72.6 Å². The van der Waals surface area contributed by atoms with Crippen LogP contribution in [0.5, 0.6) is 5.75 Å². The van der Waals surface area contributed by atoms with Gasteiger partial charge in [-0.2, -0.15) is 0 Å². The first-order chi connectivity index (χ1) is 21.9. The van der Waals surface area contributed by atoms with Gasteiger partial charge >= 0.3 is 6.36 Å². The van der Waals surface area contributed by atoms with Gasteiger partial charge < -0.3 is 4.74 Å². The van der Waals surface area contributed by atoms with Crippen LogP contribution in [0.1, 0.15) is 49.8 Å². The Hall–Kier alpha value is -4.29. The molecule has 0 N–H and O–H groups in total. The van der Waals surface area contributed by atoms with E-state index >= 15 is 0 Å². The third kappa shape index (κ3) is 8.29. The van der Waals surface area contributed by atoms with E-state index in [-0.39, 0.29) is 23.5 Å². The third-order valence-electron chi connectivity index (χ3n) is 7.14. The Morgan fingerprint density at radius 1 is 1.09 bits per heavy atom. The van der Waals surface area contributed by atoms with Crippen LogP contribution in [0.15, 0.2) is 84.1 Å². The van der Waals surface area contributed by atoms with Crippen molar-refractivity contribution < 1.29 is 22.7 Å². The van der Waals surface area contributed by atoms with Gasteiger partial charge in [-0.3, -0.25) is 9.69 Å². The van der Waals surface area contributed by atoms with Crippen LogP contribution in [-0.4, -0.2) is 42.9 Å². The lowest BCUT2D eigenvalue weighted by molar-refractivity contribution is -0.274. The van der Waals surface area contributed by atoms with E-state index < -0.39 is 6.36 Å². The maximum absolute atomic E-state index is 12.9. The number of rotatable bonds is 9. The third-order valence-corrected chi connectivity index (χ3v) is 8.33. The van der Waals surface area contributed by atoms with Gasteiger partial charge in [-0.1, -0.05) is 93.3 Å². The van der Waals surface area contributed by atoms with Gasteiger partial charge in [0.2, 0.25) is 5.91 Å². The summed E-state index contributed by atoms with van der Waals surface area (Å²) in [5.41, 5.74) is 5.37. The maximum Gasteiger partial charge on any atom is 0.573 e. The van der Waals surface area contributed by atoms with Crippen LogP contribution in [0.3, 0.4) is 0 Å². The van der Waals surface area contributed by atoms with E-state index in [9.17, 15) is 18.0 Å². The molecule has 5 rings (SSSR count). The molecule has 1 atom stereocenters. The second-order valence-corrected chi connectivity index (χ2v) is 12.7. The number of hydrogen-bond acceptors (Lipinski definition) is 6. The molecule has 1 saturated heterocycles. The lowest BCUT2D eigenvalue weighted by atomic mass is 9.99. The fourth-order valence-corrected chi connectivity index (χ4v) is 6.14. The summed E-state index contributed by atoms with van der Waals surface area (Å²) in [6, 6.07) is 19.3. The Morgan fingerprint density at radius 3 is 2.48 bits per heavy atom. The molecule has 7 nitrogen and oxygen atoms in total. The first-order valence-corrected chi connectivity index (χ1v) is 16.0. The Balaban J connectivity index is 1.20. The quantitative estimate of drug-likeness (QED) is 0.167. The number of ether oxygens (including phenoxy) is 1. The number of thioether (sulfide) groups is 1. The highest BCUT2D eigenvalue weighted by atomic mass is 32.2. The van der Waals surface area contributed by atoms with Gasteiger partial charge in [0.05, 0.1) is 17.1 Å². The first kappa shape index (κ1) is 33.1. The van der Waals surface area contributed by atoms with Crippen LogP contribution < -0.4 is 9.64 Å². The number of aromatic nitrogens is 3. The van der Waals surface area contributed by atoms with Crippen molar-refractivity contribution in [2.24, 2.45) is 10.9 Å². The van der Waals surface area contributed by atoms with Crippen LogP contribution >= 0.6 is 24.0 Å². The number of hydrogen-bond donors (Lipinski definition) is 0. The number of carbonyl (C=O) groups excluding carboxylic acids is 1. The number of amides is 1. The summed E-state index contributed by atoms with van der Waals surface area (Å²) in [5, 5.41) is 5.07. The van der Waals surface area contributed by atoms with E-state index in [2.05, 4.69) is 53.8 Å². The molecule has 1 fully saturated rings. The number of aryl methyl sites for hydroxylation is 1. The second kappa shape index (κ2) is 14.0. The van der Waals surface area contributed by atoms with Crippen molar-refractivity contribution in [2.45, 2.75) is 46.4 Å². The Labute approximate surface area is 275 Å². The number of halogens is 3. The maximum atomic E-state index is 12.9. The molecular weight excluding hydrogens is 632 g/mol. The number of aliphatic imine (C=N–C) groups is 1. The van der Waals surface area contributed by atoms with Crippen molar-refractivity contribution in [3.05, 3.63) is 95.8 Å². The van der Waals surface area contributed by atoms with Crippen LogP contribution in [0, 0.1) is 12.8 Å². The second-order valence-electron chi connectivity index (χ2n) is 11.2. The van der Waals surface area contributed by atoms with E-state index in [0.717, 1.165) is 27.9 Å². The van der Waals surface area contributed by atoms with E-state index in [4.69, 9.17) is 17.2 Å². The zero-order chi connectivity index (χ0) is 33.0. The predicted molar refractivity (Wildman–Crippen MR) is 182 cm³/mol. The summed E-state index contributed by atoms with van der Waals surface area (Å²) in [4.78, 5) is 24.2. The largest absolute Gasteiger partial charge is 0.573 e. The number of nitrogens with zero attached hydrogens (tertiary/aromatic N) is 5. The molecular formula is C34H32F3N5O2S2. The first-order valence-electron chi connectivity index (χ1n) is 14.6. The molecule has 4 aromatic rings. The van der Waals surface area contributed by atoms with Gasteiger partial charge in [-0.15, -0.1) is 18.3 Å². The number of alkyl halides is 3. The molecule has 1 amide bonds. The minimum atomic E-state index is -4.75. The Kier molecular flexibility index (Phi) is 10.1. The van der Waals surface area contributed by atoms with Crippen LogP contribution in [-0.2, 0) is 4.79 Å². The number of anilines is 1. The summed E-state index contributed by atoms with van der Waals surface area (Å²) in [7, 11) is 0. The zero-order valence-corrected chi connectivity index (χ0v) is 27.3. The highest BCUT2D eigenvalue weighted by molar-refractivity contribution is 8.15. The molecule has 0 bridgehead atoms. The molecule has 0 spiro atoms. The average molecular weight is 664 g/mol. The SMILES string of the molecule is Cc1ccc(C(C)C)c(N2C(=O)CSC2=NC(=S)CC(C)/C=C\c2ccc(-c3ncn(-c4ccc(OC(F)(F)F)cc4)n3)cc2)c1. The van der Waals surface area contributed by atoms with Crippen molar-refractivity contribution in [1.29, 1.82) is 0 Å². The van der Waals surface area contributed by atoms with Gasteiger partial charge in [0.15, 0.2) is 11.0 Å². The van der Waals surface area contributed by atoms with E-state index in [1.165, 1.54) is 47.0 Å². The van der Waals surface area contributed by atoms with Crippen molar-refractivity contribution in [2.75, 3.05) is 10.7 Å². The van der Waals surface area contributed by atoms with Gasteiger partial charge in [0, 0.05) is 12.0 Å². The molecule has 12 heteroatoms. The monoisotopic (exact) mass is 663 g/mol. The van der Waals surface area contributed by atoms with Crippen LogP contribution in [0.2, 0.25) is 0 Å². The van der Waals surface area contributed by atoms with Gasteiger partial charge in [0.25, 0.3) is 0 Å². The molecule has 1 aliphatic heterocycles. The number of allylic oxidation sites excluding steroid dienone is 1. The molecule has 1 unspecified atom stereocenters. The number of carbonyl (C=O) groups is 1.